The van der Waals surface area contributed by atoms with Crippen LogP contribution in [0.5, 0.6) is 0 Å². The van der Waals surface area contributed by atoms with E-state index in [0.29, 0.717) is 5.92 Å². The maximum Gasteiger partial charge on any atom is 0 e. The molecule has 1 radical (unpaired) electrons. The van der Waals surface area contributed by atoms with E-state index in [1.165, 1.54) is 47.8 Å². The van der Waals surface area contributed by atoms with Crippen molar-refractivity contribution in [1.29, 1.82) is 0 Å². The van der Waals surface area contributed by atoms with Gasteiger partial charge in [-0.25, -0.2) is 4.39 Å². The van der Waals surface area contributed by atoms with Gasteiger partial charge in [-0.3, -0.25) is 0 Å². The van der Waals surface area contributed by atoms with Gasteiger partial charge in [0.25, 0.3) is 0 Å². The molecule has 0 saturated heterocycles. The van der Waals surface area contributed by atoms with Crippen LogP contribution in [-0.4, -0.2) is 23.2 Å². The molecule has 0 unspecified atom stereocenters. The SMILES string of the molecule is Cc1cnc(-c2[c-]ccc3c2sc2cc(-c4ccc(F)cc4)ccc23)cc1C(C)C.[CH3][Ge]([CH3])([CH3])[c]1ccc(-c2[c-]cccc2)nc1.[Ir]. The molecule has 3 aromatic heterocycles. The monoisotopic (exact) mass is 875 g/mol. The first kappa shape index (κ1) is 34.8. The topological polar surface area (TPSA) is 25.8 Å². The third kappa shape index (κ3) is 7.82. The van der Waals surface area contributed by atoms with Crippen LogP contribution in [0.1, 0.15) is 30.9 Å². The summed E-state index contributed by atoms with van der Waals surface area (Å²) in [5.74, 6) is 7.38. The van der Waals surface area contributed by atoms with E-state index in [0.717, 1.165) is 33.6 Å². The number of rotatable bonds is 5. The molecule has 0 N–H and O–H groups in total. The van der Waals surface area contributed by atoms with Gasteiger partial charge < -0.3 is 4.98 Å². The molecule has 2 nitrogen and oxygen atoms in total. The maximum atomic E-state index is 13.3. The molecule has 0 atom stereocenters. The fourth-order valence-electron chi connectivity index (χ4n) is 5.60. The molecule has 0 aliphatic carbocycles. The van der Waals surface area contributed by atoms with Crippen molar-refractivity contribution >= 4 is 49.2 Å². The molecule has 0 amide bonds. The van der Waals surface area contributed by atoms with Crippen LogP contribution in [0.2, 0.25) is 17.3 Å². The largest absolute Gasteiger partial charge is 0 e. The third-order valence-corrected chi connectivity index (χ3v) is 13.7. The summed E-state index contributed by atoms with van der Waals surface area (Å²) >= 11 is 0.0523. The first-order valence-corrected chi connectivity index (χ1v) is 23.8. The van der Waals surface area contributed by atoms with E-state index < -0.39 is 13.3 Å². The summed E-state index contributed by atoms with van der Waals surface area (Å²) in [6.45, 7) is 6.55. The fraction of sp³-hybridized carbons (Fsp3) is 0.171. The van der Waals surface area contributed by atoms with Gasteiger partial charge in [0.05, 0.1) is 0 Å². The molecule has 0 aliphatic heterocycles. The number of hydrogen-bond acceptors (Lipinski definition) is 3. The summed E-state index contributed by atoms with van der Waals surface area (Å²) in [5, 5.41) is 2.45. The minimum Gasteiger partial charge on any atom is 0 e. The molecular formula is C41H37FGeIrN2S-2. The Morgan fingerprint density at radius 1 is 0.745 bits per heavy atom. The van der Waals surface area contributed by atoms with Crippen molar-refractivity contribution < 1.29 is 24.5 Å². The van der Waals surface area contributed by atoms with Crippen molar-refractivity contribution in [3.05, 3.63) is 139 Å². The number of halogens is 1. The Morgan fingerprint density at radius 2 is 1.49 bits per heavy atom. The van der Waals surface area contributed by atoms with E-state index in [1.54, 1.807) is 11.3 Å². The van der Waals surface area contributed by atoms with Crippen LogP contribution >= 0.6 is 11.3 Å². The van der Waals surface area contributed by atoms with Gasteiger partial charge in [0, 0.05) is 31.0 Å². The molecule has 239 valence electrons. The number of aromatic nitrogens is 2. The number of nitrogens with zero attached hydrogens (tertiary/aromatic N) is 2. The van der Waals surface area contributed by atoms with E-state index in [1.807, 2.05) is 54.9 Å². The normalized spacial score (nSPS) is 11.3. The summed E-state index contributed by atoms with van der Waals surface area (Å²) in [4.78, 5) is 9.26. The number of aryl methyl sites for hydroxylation is 1. The molecule has 6 heteroatoms. The van der Waals surface area contributed by atoms with Crippen molar-refractivity contribution in [2.75, 3.05) is 0 Å². The van der Waals surface area contributed by atoms with Gasteiger partial charge in [0.2, 0.25) is 0 Å². The molecule has 4 aromatic carbocycles. The summed E-state index contributed by atoms with van der Waals surface area (Å²) in [6, 6.07) is 38.4. The van der Waals surface area contributed by atoms with Crippen molar-refractivity contribution in [3.63, 3.8) is 0 Å². The Balaban J connectivity index is 0.000000217. The van der Waals surface area contributed by atoms with E-state index in [9.17, 15) is 4.39 Å². The quantitative estimate of drug-likeness (QED) is 0.127. The molecule has 0 spiro atoms. The van der Waals surface area contributed by atoms with E-state index in [2.05, 4.69) is 97.6 Å². The Hall–Kier alpha value is -3.48. The molecular weight excluding hydrogens is 836 g/mol. The Kier molecular flexibility index (Phi) is 10.9. The Bertz CT molecular complexity index is 2120. The molecule has 0 bridgehead atoms. The summed E-state index contributed by atoms with van der Waals surface area (Å²) in [6.07, 6.45) is 4.01. The summed E-state index contributed by atoms with van der Waals surface area (Å²) < 4.78 is 17.2. The molecule has 0 saturated carbocycles. The predicted molar refractivity (Wildman–Crippen MR) is 197 cm³/mol. The second-order valence-electron chi connectivity index (χ2n) is 13.0. The van der Waals surface area contributed by atoms with Gasteiger partial charge in [-0.2, -0.15) is 11.3 Å². The zero-order valence-electron chi connectivity index (χ0n) is 27.5. The maximum absolute atomic E-state index is 13.3. The summed E-state index contributed by atoms with van der Waals surface area (Å²) in [7, 11) is 0. The van der Waals surface area contributed by atoms with Crippen LogP contribution in [0, 0.1) is 24.9 Å². The Morgan fingerprint density at radius 3 is 2.15 bits per heavy atom. The molecule has 47 heavy (non-hydrogen) atoms. The smallest absolute Gasteiger partial charge is 0 e. The average molecular weight is 874 g/mol. The standard InChI is InChI=1S/C27H21FNS.C14H16GeN.Ir/c1-16(2)24-14-25(29-15-17(24)3)23-6-4-5-22-21-12-9-19(13-26(21)30-27(22)23)18-7-10-20(28)11-8-18;1-15(2,3)13-9-10-14(16-11-13)12-7-5-4-6-8-12;/h4-5,7-16H,1-3H3;4-7,9-11H,1-3H3;/q2*-1;. The first-order chi connectivity index (χ1) is 22.1. The van der Waals surface area contributed by atoms with Crippen molar-refractivity contribution in [2.24, 2.45) is 0 Å². The van der Waals surface area contributed by atoms with Crippen molar-refractivity contribution in [1.82, 2.24) is 9.97 Å². The van der Waals surface area contributed by atoms with Gasteiger partial charge in [-0.15, -0.1) is 23.8 Å². The van der Waals surface area contributed by atoms with Gasteiger partial charge in [0.1, 0.15) is 5.82 Å². The van der Waals surface area contributed by atoms with Crippen LogP contribution in [-0.2, 0) is 20.1 Å². The number of pyridine rings is 2. The first-order valence-electron chi connectivity index (χ1n) is 15.6. The zero-order chi connectivity index (χ0) is 32.4. The number of benzene rings is 4. The van der Waals surface area contributed by atoms with Gasteiger partial charge in [-0.1, -0.05) is 49.6 Å². The van der Waals surface area contributed by atoms with Crippen LogP contribution in [0.25, 0.3) is 53.8 Å². The molecule has 0 fully saturated rings. The van der Waals surface area contributed by atoms with Crippen molar-refractivity contribution in [2.45, 2.75) is 44.0 Å². The minimum atomic E-state index is -1.72. The van der Waals surface area contributed by atoms with Crippen LogP contribution in [0.4, 0.5) is 4.39 Å². The zero-order valence-corrected chi connectivity index (χ0v) is 32.8. The second-order valence-corrected chi connectivity index (χ2v) is 24.7. The summed E-state index contributed by atoms with van der Waals surface area (Å²) in [5.41, 5.74) is 8.76. The van der Waals surface area contributed by atoms with E-state index >= 15 is 0 Å². The third-order valence-electron chi connectivity index (χ3n) is 8.25. The number of hydrogen-bond donors (Lipinski definition) is 0. The fourth-order valence-corrected chi connectivity index (χ4v) is 9.02. The molecule has 0 aliphatic rings. The molecule has 7 aromatic rings. The van der Waals surface area contributed by atoms with Gasteiger partial charge >= 0.3 is 99.8 Å². The van der Waals surface area contributed by atoms with Gasteiger partial charge in [0.15, 0.2) is 0 Å². The van der Waals surface area contributed by atoms with Gasteiger partial charge in [-0.05, 0) is 69.1 Å². The van der Waals surface area contributed by atoms with E-state index in [-0.39, 0.29) is 25.9 Å². The average Bonchev–Trinajstić information content (AvgIpc) is 3.44. The second kappa shape index (κ2) is 14.7. The van der Waals surface area contributed by atoms with Crippen LogP contribution in [0.15, 0.2) is 109 Å². The predicted octanol–water partition coefficient (Wildman–Crippen LogP) is 11.2. The Labute approximate surface area is 297 Å². The van der Waals surface area contributed by atoms with E-state index in [4.69, 9.17) is 4.98 Å². The number of fused-ring (bicyclic) bond motifs is 3. The number of thiophene rings is 1. The molecule has 7 rings (SSSR count). The van der Waals surface area contributed by atoms with Crippen molar-refractivity contribution in [3.8, 4) is 33.6 Å². The molecule has 3 heterocycles. The van der Waals surface area contributed by atoms with Crippen LogP contribution in [0.3, 0.4) is 0 Å². The van der Waals surface area contributed by atoms with Crippen LogP contribution < -0.4 is 4.40 Å². The minimum absolute atomic E-state index is 0.